The zero-order valence-electron chi connectivity index (χ0n) is 8.29. The van der Waals surface area contributed by atoms with Crippen LogP contribution in [0, 0.1) is 0 Å². The van der Waals surface area contributed by atoms with Gasteiger partial charge in [-0.05, 0) is 11.6 Å². The fourth-order valence-electron chi connectivity index (χ4n) is 1.20. The topological polar surface area (TPSA) is 43.1 Å². The van der Waals surface area contributed by atoms with E-state index in [0.29, 0.717) is 0 Å². The number of carbonyl (C=O) groups excluding carboxylic acids is 1. The maximum atomic E-state index is 12.5. The Morgan fingerprint density at radius 3 is 2.50 bits per heavy atom. The fourth-order valence-corrected chi connectivity index (χ4v) is 1.20. The molecule has 0 bridgehead atoms. The minimum atomic E-state index is -4.40. The Bertz CT molecular complexity index is 410. The Morgan fingerprint density at radius 1 is 1.31 bits per heavy atom. The highest BCUT2D eigenvalue weighted by atomic mass is 19.4. The molecular weight excluding hydrogens is 219 g/mol. The Labute approximate surface area is 90.6 Å². The van der Waals surface area contributed by atoms with Crippen molar-refractivity contribution in [3.8, 4) is 0 Å². The molecule has 16 heavy (non-hydrogen) atoms. The molecule has 1 rings (SSSR count). The average molecular weight is 229 g/mol. The SMILES string of the molecule is NC(=O)CC=Cc1ccccc1C(F)(F)F. The molecule has 86 valence electrons. The number of alkyl halides is 3. The third-order valence-electron chi connectivity index (χ3n) is 1.88. The van der Waals surface area contributed by atoms with Crippen LogP contribution in [0.2, 0.25) is 0 Å². The number of halogens is 3. The lowest BCUT2D eigenvalue weighted by atomic mass is 10.1. The second kappa shape index (κ2) is 4.83. The van der Waals surface area contributed by atoms with Gasteiger partial charge in [-0.1, -0.05) is 30.4 Å². The predicted octanol–water partition coefficient (Wildman–Crippen LogP) is 2.59. The molecule has 0 spiro atoms. The first-order chi connectivity index (χ1) is 7.41. The minimum absolute atomic E-state index is 0.0243. The van der Waals surface area contributed by atoms with Gasteiger partial charge in [-0.25, -0.2) is 0 Å². The summed E-state index contributed by atoms with van der Waals surface area (Å²) >= 11 is 0. The molecule has 0 saturated heterocycles. The molecule has 0 unspecified atom stereocenters. The number of rotatable bonds is 3. The van der Waals surface area contributed by atoms with Crippen molar-refractivity contribution >= 4 is 12.0 Å². The zero-order chi connectivity index (χ0) is 12.2. The summed E-state index contributed by atoms with van der Waals surface area (Å²) in [6, 6.07) is 5.14. The summed E-state index contributed by atoms with van der Waals surface area (Å²) < 4.78 is 37.5. The van der Waals surface area contributed by atoms with Gasteiger partial charge in [0.15, 0.2) is 0 Å². The number of carbonyl (C=O) groups is 1. The number of hydrogen-bond acceptors (Lipinski definition) is 1. The molecule has 0 aliphatic rings. The molecule has 1 amide bonds. The Morgan fingerprint density at radius 2 is 1.94 bits per heavy atom. The lowest BCUT2D eigenvalue weighted by Crippen LogP contribution is -2.08. The molecule has 5 heteroatoms. The monoisotopic (exact) mass is 229 g/mol. The quantitative estimate of drug-likeness (QED) is 0.850. The molecule has 0 atom stereocenters. The van der Waals surface area contributed by atoms with E-state index in [1.165, 1.54) is 30.4 Å². The van der Waals surface area contributed by atoms with Gasteiger partial charge < -0.3 is 5.73 Å². The van der Waals surface area contributed by atoms with Crippen LogP contribution in [0.3, 0.4) is 0 Å². The van der Waals surface area contributed by atoms with E-state index in [4.69, 9.17) is 5.73 Å². The van der Waals surface area contributed by atoms with Gasteiger partial charge in [0.05, 0.1) is 5.56 Å². The summed E-state index contributed by atoms with van der Waals surface area (Å²) in [7, 11) is 0. The third-order valence-corrected chi connectivity index (χ3v) is 1.88. The van der Waals surface area contributed by atoms with Gasteiger partial charge in [0.2, 0.25) is 5.91 Å². The molecule has 0 aliphatic heterocycles. The van der Waals surface area contributed by atoms with Crippen LogP contribution in [0.1, 0.15) is 17.5 Å². The van der Waals surface area contributed by atoms with E-state index in [2.05, 4.69) is 0 Å². The first kappa shape index (κ1) is 12.3. The normalized spacial score (nSPS) is 11.9. The second-order valence-corrected chi connectivity index (χ2v) is 3.16. The van der Waals surface area contributed by atoms with Crippen LogP contribution in [0.4, 0.5) is 13.2 Å². The second-order valence-electron chi connectivity index (χ2n) is 3.16. The van der Waals surface area contributed by atoms with Gasteiger partial charge in [0.25, 0.3) is 0 Å². The molecule has 1 aromatic carbocycles. The number of nitrogens with two attached hydrogens (primary N) is 1. The van der Waals surface area contributed by atoms with E-state index >= 15 is 0 Å². The summed E-state index contributed by atoms with van der Waals surface area (Å²) in [6.07, 6.45) is -1.92. The first-order valence-electron chi connectivity index (χ1n) is 4.52. The van der Waals surface area contributed by atoms with Crippen LogP contribution >= 0.6 is 0 Å². The highest BCUT2D eigenvalue weighted by Crippen LogP contribution is 2.32. The maximum absolute atomic E-state index is 12.5. The van der Waals surface area contributed by atoms with Crippen molar-refractivity contribution in [3.05, 3.63) is 41.5 Å². The van der Waals surface area contributed by atoms with Gasteiger partial charge >= 0.3 is 6.18 Å². The zero-order valence-corrected chi connectivity index (χ0v) is 8.29. The first-order valence-corrected chi connectivity index (χ1v) is 4.52. The number of benzene rings is 1. The van der Waals surface area contributed by atoms with Gasteiger partial charge in [-0.2, -0.15) is 13.2 Å². The standard InChI is InChI=1S/C11H10F3NO/c12-11(13,14)9-6-2-1-4-8(9)5-3-7-10(15)16/h1-6H,7H2,(H2,15,16). The number of hydrogen-bond donors (Lipinski definition) is 1. The van der Waals surface area contributed by atoms with Crippen LogP contribution in [0.5, 0.6) is 0 Å². The predicted molar refractivity (Wildman–Crippen MR) is 54.3 cm³/mol. The van der Waals surface area contributed by atoms with Crippen molar-refractivity contribution in [3.63, 3.8) is 0 Å². The van der Waals surface area contributed by atoms with Crippen molar-refractivity contribution in [2.75, 3.05) is 0 Å². The van der Waals surface area contributed by atoms with Gasteiger partial charge in [-0.3, -0.25) is 4.79 Å². The van der Waals surface area contributed by atoms with E-state index in [9.17, 15) is 18.0 Å². The van der Waals surface area contributed by atoms with E-state index in [-0.39, 0.29) is 12.0 Å². The van der Waals surface area contributed by atoms with Crippen molar-refractivity contribution in [1.29, 1.82) is 0 Å². The summed E-state index contributed by atoms with van der Waals surface area (Å²) in [5, 5.41) is 0. The summed E-state index contributed by atoms with van der Waals surface area (Å²) in [6.45, 7) is 0. The van der Waals surface area contributed by atoms with E-state index in [1.807, 2.05) is 0 Å². The minimum Gasteiger partial charge on any atom is -0.369 e. The van der Waals surface area contributed by atoms with Crippen molar-refractivity contribution in [2.45, 2.75) is 12.6 Å². The Kier molecular flexibility index (Phi) is 3.71. The van der Waals surface area contributed by atoms with Crippen molar-refractivity contribution in [2.24, 2.45) is 5.73 Å². The largest absolute Gasteiger partial charge is 0.416 e. The third kappa shape index (κ3) is 3.42. The molecule has 0 radical (unpaired) electrons. The lowest BCUT2D eigenvalue weighted by molar-refractivity contribution is -0.137. The molecule has 0 fully saturated rings. The smallest absolute Gasteiger partial charge is 0.369 e. The summed E-state index contributed by atoms with van der Waals surface area (Å²) in [4.78, 5) is 10.4. The molecule has 0 heterocycles. The molecule has 2 nitrogen and oxygen atoms in total. The van der Waals surface area contributed by atoms with E-state index in [1.54, 1.807) is 0 Å². The molecule has 0 aromatic heterocycles. The highest BCUT2D eigenvalue weighted by molar-refractivity contribution is 5.76. The molecule has 2 N–H and O–H groups in total. The Hall–Kier alpha value is -1.78. The fraction of sp³-hybridized carbons (Fsp3) is 0.182. The van der Waals surface area contributed by atoms with Gasteiger partial charge in [0.1, 0.15) is 0 Å². The van der Waals surface area contributed by atoms with Crippen LogP contribution < -0.4 is 5.73 Å². The Balaban J connectivity index is 2.96. The van der Waals surface area contributed by atoms with E-state index in [0.717, 1.165) is 6.07 Å². The summed E-state index contributed by atoms with van der Waals surface area (Å²) in [5.41, 5.74) is 4.17. The maximum Gasteiger partial charge on any atom is 0.416 e. The summed E-state index contributed by atoms with van der Waals surface area (Å²) in [5.74, 6) is -0.583. The number of primary amides is 1. The lowest BCUT2D eigenvalue weighted by Gasteiger charge is -2.09. The van der Waals surface area contributed by atoms with Crippen LogP contribution in [-0.4, -0.2) is 5.91 Å². The van der Waals surface area contributed by atoms with Crippen molar-refractivity contribution in [1.82, 2.24) is 0 Å². The van der Waals surface area contributed by atoms with Gasteiger partial charge in [0, 0.05) is 6.42 Å². The van der Waals surface area contributed by atoms with Crippen LogP contribution in [0.15, 0.2) is 30.3 Å². The molecule has 0 aliphatic carbocycles. The average Bonchev–Trinajstić information content (AvgIpc) is 2.16. The highest BCUT2D eigenvalue weighted by Gasteiger charge is 2.32. The van der Waals surface area contributed by atoms with Crippen LogP contribution in [0.25, 0.3) is 6.08 Å². The van der Waals surface area contributed by atoms with Crippen molar-refractivity contribution < 1.29 is 18.0 Å². The van der Waals surface area contributed by atoms with Gasteiger partial charge in [-0.15, -0.1) is 0 Å². The number of amides is 1. The molecule has 1 aromatic rings. The van der Waals surface area contributed by atoms with Crippen LogP contribution in [-0.2, 0) is 11.0 Å². The molecule has 0 saturated carbocycles. The molecular formula is C11H10F3NO. The van der Waals surface area contributed by atoms with E-state index < -0.39 is 17.6 Å².